The highest BCUT2D eigenvalue weighted by Gasteiger charge is 2.25. The maximum Gasteiger partial charge on any atom is 0.126 e. The van der Waals surface area contributed by atoms with Crippen molar-refractivity contribution >= 4 is 5.69 Å². The van der Waals surface area contributed by atoms with E-state index in [9.17, 15) is 9.50 Å². The van der Waals surface area contributed by atoms with Gasteiger partial charge in [0.2, 0.25) is 0 Å². The van der Waals surface area contributed by atoms with Crippen molar-refractivity contribution in [3.8, 4) is 0 Å². The number of hydrogen-bond acceptors (Lipinski definition) is 3. The van der Waals surface area contributed by atoms with E-state index >= 15 is 0 Å². The van der Waals surface area contributed by atoms with Gasteiger partial charge in [0, 0.05) is 18.5 Å². The predicted octanol–water partition coefficient (Wildman–Crippen LogP) is 3.19. The minimum absolute atomic E-state index is 0.0876. The second-order valence-corrected chi connectivity index (χ2v) is 5.04. The molecule has 1 aliphatic heterocycles. The molecule has 0 spiro atoms. The molecular weight excluding hydrogens is 245 g/mol. The number of fused-ring (bicyclic) bond motifs is 1. The van der Waals surface area contributed by atoms with Crippen molar-refractivity contribution in [3.05, 3.63) is 53.2 Å². The van der Waals surface area contributed by atoms with E-state index in [-0.39, 0.29) is 11.9 Å². The van der Waals surface area contributed by atoms with Gasteiger partial charge in [-0.3, -0.25) is 0 Å². The summed E-state index contributed by atoms with van der Waals surface area (Å²) >= 11 is 0. The molecule has 0 unspecified atom stereocenters. The minimum Gasteiger partial charge on any atom is -0.464 e. The van der Waals surface area contributed by atoms with Gasteiger partial charge in [0.05, 0.1) is 12.1 Å². The number of anilines is 1. The number of rotatable bonds is 1. The molecule has 2 aromatic rings. The second-order valence-electron chi connectivity index (χ2n) is 5.04. The number of aryl methyl sites for hydroxylation is 1. The lowest BCUT2D eigenvalue weighted by Gasteiger charge is -2.16. The standard InChI is InChI=1S/C15H16FNO2/c1-9-2-5-15(19-9)14-8-12(18)7-10-6-11(16)3-4-13(10)17-14/h2-6,12,14,17-18H,7-8H2,1H3/t12-,14+/m1/s1. The molecule has 1 aromatic carbocycles. The number of furan rings is 1. The molecule has 2 atom stereocenters. The topological polar surface area (TPSA) is 45.4 Å². The Kier molecular flexibility index (Phi) is 3.03. The summed E-state index contributed by atoms with van der Waals surface area (Å²) in [6.07, 6.45) is 0.491. The second kappa shape index (κ2) is 4.70. The van der Waals surface area contributed by atoms with Gasteiger partial charge in [0.1, 0.15) is 17.3 Å². The zero-order valence-corrected chi connectivity index (χ0v) is 10.7. The third-order valence-electron chi connectivity index (χ3n) is 3.46. The maximum absolute atomic E-state index is 13.2. The molecular formula is C15H16FNO2. The van der Waals surface area contributed by atoms with Gasteiger partial charge in [-0.15, -0.1) is 0 Å². The summed E-state index contributed by atoms with van der Waals surface area (Å²) in [5.74, 6) is 1.36. The SMILES string of the molecule is Cc1ccc([C@@H]2C[C@H](O)Cc3cc(F)ccc3N2)o1. The molecule has 0 fully saturated rings. The highest BCUT2D eigenvalue weighted by molar-refractivity contribution is 5.53. The monoisotopic (exact) mass is 261 g/mol. The normalized spacial score (nSPS) is 22.5. The highest BCUT2D eigenvalue weighted by Crippen LogP contribution is 2.32. The smallest absolute Gasteiger partial charge is 0.126 e. The summed E-state index contributed by atoms with van der Waals surface area (Å²) in [5, 5.41) is 13.4. The zero-order valence-electron chi connectivity index (χ0n) is 10.7. The van der Waals surface area contributed by atoms with E-state index in [2.05, 4.69) is 5.32 Å². The molecule has 2 heterocycles. The molecule has 2 N–H and O–H groups in total. The Bertz CT molecular complexity index is 594. The Hall–Kier alpha value is -1.81. The number of hydrogen-bond donors (Lipinski definition) is 2. The Balaban J connectivity index is 1.95. The molecule has 0 radical (unpaired) electrons. The van der Waals surface area contributed by atoms with Crippen LogP contribution in [0.2, 0.25) is 0 Å². The first-order valence-corrected chi connectivity index (χ1v) is 6.41. The van der Waals surface area contributed by atoms with E-state index in [0.29, 0.717) is 12.8 Å². The summed E-state index contributed by atoms with van der Waals surface area (Å²) in [7, 11) is 0. The van der Waals surface area contributed by atoms with E-state index in [1.807, 2.05) is 19.1 Å². The van der Waals surface area contributed by atoms with Gasteiger partial charge < -0.3 is 14.8 Å². The van der Waals surface area contributed by atoms with Crippen molar-refractivity contribution in [2.45, 2.75) is 31.9 Å². The number of nitrogens with one attached hydrogen (secondary N) is 1. The Morgan fingerprint density at radius 3 is 2.89 bits per heavy atom. The zero-order chi connectivity index (χ0) is 13.4. The molecule has 0 aliphatic carbocycles. The van der Waals surface area contributed by atoms with Crippen molar-refractivity contribution in [1.82, 2.24) is 0 Å². The highest BCUT2D eigenvalue weighted by atomic mass is 19.1. The summed E-state index contributed by atoms with van der Waals surface area (Å²) in [6.45, 7) is 1.89. The van der Waals surface area contributed by atoms with Crippen LogP contribution >= 0.6 is 0 Å². The molecule has 0 saturated heterocycles. The summed E-state index contributed by atoms with van der Waals surface area (Å²) < 4.78 is 18.9. The third kappa shape index (κ3) is 2.49. The van der Waals surface area contributed by atoms with Crippen LogP contribution in [0.4, 0.5) is 10.1 Å². The van der Waals surface area contributed by atoms with Gasteiger partial charge in [-0.1, -0.05) is 0 Å². The molecule has 0 bridgehead atoms. The lowest BCUT2D eigenvalue weighted by molar-refractivity contribution is 0.157. The van der Waals surface area contributed by atoms with Crippen LogP contribution in [0.5, 0.6) is 0 Å². The quantitative estimate of drug-likeness (QED) is 0.828. The van der Waals surface area contributed by atoms with Crippen LogP contribution in [0.25, 0.3) is 0 Å². The third-order valence-corrected chi connectivity index (χ3v) is 3.46. The van der Waals surface area contributed by atoms with Gasteiger partial charge in [-0.25, -0.2) is 4.39 Å². The van der Waals surface area contributed by atoms with Gasteiger partial charge in [-0.05, 0) is 42.8 Å². The van der Waals surface area contributed by atoms with E-state index in [0.717, 1.165) is 22.8 Å². The van der Waals surface area contributed by atoms with Crippen LogP contribution < -0.4 is 5.32 Å². The van der Waals surface area contributed by atoms with E-state index in [4.69, 9.17) is 4.42 Å². The lowest BCUT2D eigenvalue weighted by atomic mass is 10.0. The maximum atomic E-state index is 13.2. The van der Waals surface area contributed by atoms with E-state index in [1.54, 1.807) is 6.07 Å². The number of halogens is 1. The average molecular weight is 261 g/mol. The van der Waals surface area contributed by atoms with Crippen LogP contribution in [0, 0.1) is 12.7 Å². The van der Waals surface area contributed by atoms with Gasteiger partial charge in [0.25, 0.3) is 0 Å². The molecule has 100 valence electrons. The van der Waals surface area contributed by atoms with Crippen molar-refractivity contribution in [1.29, 1.82) is 0 Å². The Morgan fingerprint density at radius 1 is 1.32 bits per heavy atom. The van der Waals surface area contributed by atoms with Crippen molar-refractivity contribution in [2.24, 2.45) is 0 Å². The summed E-state index contributed by atoms with van der Waals surface area (Å²) in [6, 6.07) is 8.34. The molecule has 3 nitrogen and oxygen atoms in total. The molecule has 1 aliphatic rings. The fourth-order valence-corrected chi connectivity index (χ4v) is 2.56. The number of benzene rings is 1. The van der Waals surface area contributed by atoms with Crippen molar-refractivity contribution in [3.63, 3.8) is 0 Å². The largest absolute Gasteiger partial charge is 0.464 e. The fraction of sp³-hybridized carbons (Fsp3) is 0.333. The van der Waals surface area contributed by atoms with Gasteiger partial charge >= 0.3 is 0 Å². The lowest BCUT2D eigenvalue weighted by Crippen LogP contribution is -2.15. The van der Waals surface area contributed by atoms with E-state index in [1.165, 1.54) is 12.1 Å². The average Bonchev–Trinajstić information content (AvgIpc) is 2.70. The first-order valence-electron chi connectivity index (χ1n) is 6.41. The number of aliphatic hydroxyl groups is 1. The summed E-state index contributed by atoms with van der Waals surface area (Å²) in [4.78, 5) is 0. The van der Waals surface area contributed by atoms with Crippen LogP contribution in [0.3, 0.4) is 0 Å². The van der Waals surface area contributed by atoms with Crippen LogP contribution in [-0.4, -0.2) is 11.2 Å². The van der Waals surface area contributed by atoms with Crippen LogP contribution in [0.15, 0.2) is 34.7 Å². The molecule has 19 heavy (non-hydrogen) atoms. The molecule has 0 saturated carbocycles. The van der Waals surface area contributed by atoms with Crippen LogP contribution in [0.1, 0.15) is 29.5 Å². The Labute approximate surface area is 111 Å². The van der Waals surface area contributed by atoms with Gasteiger partial charge in [-0.2, -0.15) is 0 Å². The van der Waals surface area contributed by atoms with Crippen LogP contribution in [-0.2, 0) is 6.42 Å². The fourth-order valence-electron chi connectivity index (χ4n) is 2.56. The van der Waals surface area contributed by atoms with Gasteiger partial charge in [0.15, 0.2) is 0 Å². The molecule has 3 rings (SSSR count). The van der Waals surface area contributed by atoms with Crippen molar-refractivity contribution < 1.29 is 13.9 Å². The first kappa shape index (κ1) is 12.2. The Morgan fingerprint density at radius 2 is 2.16 bits per heavy atom. The molecule has 0 amide bonds. The van der Waals surface area contributed by atoms with E-state index < -0.39 is 6.10 Å². The predicted molar refractivity (Wildman–Crippen MR) is 70.5 cm³/mol. The number of aliphatic hydroxyl groups excluding tert-OH is 1. The first-order chi connectivity index (χ1) is 9.11. The van der Waals surface area contributed by atoms with Crippen molar-refractivity contribution in [2.75, 3.05) is 5.32 Å². The summed E-state index contributed by atoms with van der Waals surface area (Å²) in [5.41, 5.74) is 1.66. The molecule has 1 aromatic heterocycles. The minimum atomic E-state index is -0.508. The molecule has 4 heteroatoms.